The number of hydrogen-bond donors (Lipinski definition) is 0. The van der Waals surface area contributed by atoms with Gasteiger partial charge in [-0.25, -0.2) is 0 Å². The first-order valence-electron chi connectivity index (χ1n) is 8.32. The average Bonchev–Trinajstić information content (AvgIpc) is 2.52. The molecular formula is C20H22Cl4S. The van der Waals surface area contributed by atoms with Crippen LogP contribution in [0.25, 0.3) is 0 Å². The zero-order chi connectivity index (χ0) is 18.7. The van der Waals surface area contributed by atoms with Crippen LogP contribution in [-0.2, 0) is 12.8 Å². The lowest BCUT2D eigenvalue weighted by Gasteiger charge is -2.16. The minimum atomic E-state index is 0.479. The highest BCUT2D eigenvalue weighted by atomic mass is 35.5. The Kier molecular flexibility index (Phi) is 7.85. The van der Waals surface area contributed by atoms with E-state index in [1.54, 1.807) is 11.8 Å². The Bertz CT molecular complexity index is 690. The summed E-state index contributed by atoms with van der Waals surface area (Å²) in [6, 6.07) is 7.72. The van der Waals surface area contributed by atoms with Crippen molar-refractivity contribution in [2.45, 2.75) is 50.3 Å². The summed E-state index contributed by atoms with van der Waals surface area (Å²) in [6.07, 6.45) is 1.69. The van der Waals surface area contributed by atoms with Gasteiger partial charge in [-0.2, -0.15) is 0 Å². The summed E-state index contributed by atoms with van der Waals surface area (Å²) in [4.78, 5) is 1.92. The molecule has 136 valence electrons. The summed E-state index contributed by atoms with van der Waals surface area (Å²) < 4.78 is 0. The van der Waals surface area contributed by atoms with E-state index in [0.29, 0.717) is 31.9 Å². The summed E-state index contributed by atoms with van der Waals surface area (Å²) in [6.45, 7) is 8.61. The van der Waals surface area contributed by atoms with E-state index in [1.807, 2.05) is 24.3 Å². The normalized spacial score (nSPS) is 11.6. The molecule has 0 N–H and O–H groups in total. The zero-order valence-electron chi connectivity index (χ0n) is 14.8. The van der Waals surface area contributed by atoms with Crippen molar-refractivity contribution < 1.29 is 0 Å². The molecule has 0 radical (unpaired) electrons. The van der Waals surface area contributed by atoms with Crippen LogP contribution in [0.5, 0.6) is 0 Å². The summed E-state index contributed by atoms with van der Waals surface area (Å²) >= 11 is 27.5. The maximum Gasteiger partial charge on any atom is 0.0592 e. The van der Waals surface area contributed by atoms with Crippen LogP contribution < -0.4 is 0 Å². The van der Waals surface area contributed by atoms with Crippen molar-refractivity contribution in [3.05, 3.63) is 55.5 Å². The van der Waals surface area contributed by atoms with Crippen LogP contribution in [-0.4, -0.2) is 0 Å². The van der Waals surface area contributed by atoms with E-state index in [-0.39, 0.29) is 0 Å². The fourth-order valence-electron chi connectivity index (χ4n) is 2.62. The molecule has 2 aromatic carbocycles. The predicted octanol–water partition coefficient (Wildman–Crippen LogP) is 8.85. The second-order valence-corrected chi connectivity index (χ2v) is 9.63. The quantitative estimate of drug-likeness (QED) is 0.436. The van der Waals surface area contributed by atoms with Gasteiger partial charge in [0.25, 0.3) is 0 Å². The van der Waals surface area contributed by atoms with Crippen molar-refractivity contribution in [2.24, 2.45) is 11.8 Å². The third kappa shape index (κ3) is 5.47. The van der Waals surface area contributed by atoms with E-state index in [2.05, 4.69) is 27.7 Å². The van der Waals surface area contributed by atoms with Crippen LogP contribution in [0.4, 0.5) is 0 Å². The maximum atomic E-state index is 6.64. The molecule has 0 aliphatic heterocycles. The molecule has 0 fully saturated rings. The summed E-state index contributed by atoms with van der Waals surface area (Å²) in [7, 11) is 0. The van der Waals surface area contributed by atoms with Gasteiger partial charge in [0.15, 0.2) is 0 Å². The smallest absolute Gasteiger partial charge is 0.0592 e. The summed E-state index contributed by atoms with van der Waals surface area (Å²) in [5, 5.41) is 2.85. The van der Waals surface area contributed by atoms with Crippen LogP contribution in [0.2, 0.25) is 20.1 Å². The van der Waals surface area contributed by atoms with E-state index in [4.69, 9.17) is 46.4 Å². The number of rotatable bonds is 6. The number of hydrogen-bond acceptors (Lipinski definition) is 1. The Morgan fingerprint density at radius 3 is 1.36 bits per heavy atom. The van der Waals surface area contributed by atoms with E-state index < -0.39 is 0 Å². The minimum absolute atomic E-state index is 0.479. The maximum absolute atomic E-state index is 6.64. The topological polar surface area (TPSA) is 0 Å². The molecule has 0 aromatic heterocycles. The third-order valence-electron chi connectivity index (χ3n) is 3.75. The summed E-state index contributed by atoms with van der Waals surface area (Å²) in [5.41, 5.74) is 1.99. The molecule has 2 rings (SSSR count). The van der Waals surface area contributed by atoms with Gasteiger partial charge in [-0.3, -0.25) is 0 Å². The zero-order valence-corrected chi connectivity index (χ0v) is 18.6. The molecule has 2 aromatic rings. The molecule has 0 atom stereocenters. The number of benzene rings is 2. The van der Waals surface area contributed by atoms with Crippen molar-refractivity contribution in [1.29, 1.82) is 0 Å². The highest BCUT2D eigenvalue weighted by Gasteiger charge is 2.17. The first-order valence-corrected chi connectivity index (χ1v) is 10.6. The third-order valence-corrected chi connectivity index (χ3v) is 6.66. The predicted molar refractivity (Wildman–Crippen MR) is 114 cm³/mol. The lowest BCUT2D eigenvalue weighted by Crippen LogP contribution is -1.98. The minimum Gasteiger partial charge on any atom is -0.0869 e. The largest absolute Gasteiger partial charge is 0.0869 e. The fraction of sp³-hybridized carbons (Fsp3) is 0.400. The summed E-state index contributed by atoms with van der Waals surface area (Å²) in [5.74, 6) is 0.957. The lowest BCUT2D eigenvalue weighted by atomic mass is 10.0. The van der Waals surface area contributed by atoms with Gasteiger partial charge in [0.1, 0.15) is 0 Å². The van der Waals surface area contributed by atoms with Crippen molar-refractivity contribution in [3.63, 3.8) is 0 Å². The molecule has 0 aliphatic rings. The second-order valence-electron chi connectivity index (χ2n) is 6.97. The Hall–Kier alpha value is -0.0500. The second kappa shape index (κ2) is 9.24. The van der Waals surface area contributed by atoms with Crippen LogP contribution in [0.3, 0.4) is 0 Å². The van der Waals surface area contributed by atoms with Gasteiger partial charge in [0.05, 0.1) is 10.0 Å². The van der Waals surface area contributed by atoms with Gasteiger partial charge < -0.3 is 0 Å². The van der Waals surface area contributed by atoms with Crippen molar-refractivity contribution >= 4 is 58.2 Å². The van der Waals surface area contributed by atoms with E-state index in [9.17, 15) is 0 Å². The van der Waals surface area contributed by atoms with Crippen LogP contribution >= 0.6 is 58.2 Å². The average molecular weight is 436 g/mol. The van der Waals surface area contributed by atoms with Gasteiger partial charge in [-0.1, -0.05) is 85.9 Å². The Labute approximate surface area is 175 Å². The first-order chi connectivity index (χ1) is 11.7. The monoisotopic (exact) mass is 434 g/mol. The highest BCUT2D eigenvalue weighted by Crippen LogP contribution is 2.43. The SMILES string of the molecule is CC(C)Cc1c(Cl)ccc(Sc2ccc(Cl)c(CC(C)C)c2Cl)c1Cl. The van der Waals surface area contributed by atoms with Gasteiger partial charge in [0, 0.05) is 19.8 Å². The Morgan fingerprint density at radius 1 is 0.680 bits per heavy atom. The molecule has 0 spiro atoms. The molecule has 0 saturated carbocycles. The molecule has 0 aliphatic carbocycles. The van der Waals surface area contributed by atoms with Gasteiger partial charge >= 0.3 is 0 Å². The van der Waals surface area contributed by atoms with Gasteiger partial charge in [-0.15, -0.1) is 0 Å². The van der Waals surface area contributed by atoms with Gasteiger partial charge in [-0.05, 0) is 60.1 Å². The van der Waals surface area contributed by atoms with E-state index >= 15 is 0 Å². The van der Waals surface area contributed by atoms with Crippen LogP contribution in [0, 0.1) is 11.8 Å². The molecule has 0 heterocycles. The molecule has 0 saturated heterocycles. The first kappa shape index (κ1) is 21.3. The molecule has 0 unspecified atom stereocenters. The molecule has 0 nitrogen and oxygen atoms in total. The standard InChI is InChI=1S/C20H22Cl4S/c1-11(2)9-13-15(21)5-7-17(19(13)23)25-18-8-6-16(22)14(20(18)24)10-12(3)4/h5-8,11-12H,9-10H2,1-4H3. The van der Waals surface area contributed by atoms with E-state index in [1.165, 1.54) is 0 Å². The van der Waals surface area contributed by atoms with Crippen LogP contribution in [0.1, 0.15) is 38.8 Å². The van der Waals surface area contributed by atoms with Crippen LogP contribution in [0.15, 0.2) is 34.1 Å². The van der Waals surface area contributed by atoms with E-state index in [0.717, 1.165) is 33.8 Å². The molecule has 0 amide bonds. The van der Waals surface area contributed by atoms with Crippen molar-refractivity contribution in [1.82, 2.24) is 0 Å². The molecular weight excluding hydrogens is 414 g/mol. The van der Waals surface area contributed by atoms with Crippen molar-refractivity contribution in [3.8, 4) is 0 Å². The lowest BCUT2D eigenvalue weighted by molar-refractivity contribution is 0.646. The number of halogens is 4. The molecule has 5 heteroatoms. The Balaban J connectivity index is 2.40. The molecule has 0 bridgehead atoms. The Morgan fingerprint density at radius 2 is 1.04 bits per heavy atom. The molecule has 25 heavy (non-hydrogen) atoms. The van der Waals surface area contributed by atoms with Gasteiger partial charge in [0.2, 0.25) is 0 Å². The highest BCUT2D eigenvalue weighted by molar-refractivity contribution is 7.99. The van der Waals surface area contributed by atoms with Crippen molar-refractivity contribution in [2.75, 3.05) is 0 Å². The fourth-order valence-corrected chi connectivity index (χ4v) is 4.84.